The fraction of sp³-hybridized carbons (Fsp3) is 0.471. The second-order valence-corrected chi connectivity index (χ2v) is 5.94. The summed E-state index contributed by atoms with van der Waals surface area (Å²) in [7, 11) is 0. The number of pyridine rings is 1. The number of unbranched alkanes of at least 4 members (excludes halogenated alkanes) is 5. The molecule has 19 heavy (non-hydrogen) atoms. The third-order valence-electron chi connectivity index (χ3n) is 3.56. The molecular formula is C17H22BrN. The summed E-state index contributed by atoms with van der Waals surface area (Å²) >= 11 is 3.52. The first-order chi connectivity index (χ1) is 9.31. The summed E-state index contributed by atoms with van der Waals surface area (Å²) in [6.07, 6.45) is 9.09. The van der Waals surface area contributed by atoms with Crippen LogP contribution in [0.15, 0.2) is 34.9 Å². The van der Waals surface area contributed by atoms with Gasteiger partial charge in [0.2, 0.25) is 0 Å². The maximum absolute atomic E-state index is 4.65. The van der Waals surface area contributed by atoms with Gasteiger partial charge in [-0.3, -0.25) is 0 Å². The molecule has 2 heteroatoms. The maximum atomic E-state index is 4.65. The first kappa shape index (κ1) is 14.5. The molecule has 0 unspecified atom stereocenters. The van der Waals surface area contributed by atoms with Gasteiger partial charge in [-0.25, -0.2) is 4.98 Å². The Morgan fingerprint density at radius 3 is 2.58 bits per heavy atom. The van der Waals surface area contributed by atoms with E-state index in [1.165, 1.54) is 55.0 Å². The molecule has 0 bridgehead atoms. The summed E-state index contributed by atoms with van der Waals surface area (Å²) < 4.78 is 0.951. The van der Waals surface area contributed by atoms with Gasteiger partial charge in [-0.05, 0) is 40.2 Å². The van der Waals surface area contributed by atoms with Crippen molar-refractivity contribution < 1.29 is 0 Å². The zero-order valence-electron chi connectivity index (χ0n) is 11.7. The molecule has 1 aromatic carbocycles. The lowest BCUT2D eigenvalue weighted by molar-refractivity contribution is 0.605. The van der Waals surface area contributed by atoms with E-state index in [1.54, 1.807) is 0 Å². The number of hydrogen-bond acceptors (Lipinski definition) is 1. The number of halogens is 1. The Balaban J connectivity index is 1.96. The molecule has 0 fully saturated rings. The van der Waals surface area contributed by atoms with Crippen LogP contribution in [0.1, 0.15) is 51.1 Å². The van der Waals surface area contributed by atoms with Crippen LogP contribution >= 0.6 is 15.9 Å². The smallest absolute Gasteiger partial charge is 0.107 e. The third kappa shape index (κ3) is 4.31. The summed E-state index contributed by atoms with van der Waals surface area (Å²) in [5.41, 5.74) is 1.24. The Bertz CT molecular complexity index is 522. The molecule has 0 spiro atoms. The van der Waals surface area contributed by atoms with Crippen molar-refractivity contribution >= 4 is 26.7 Å². The minimum absolute atomic E-state index is 0.951. The quantitative estimate of drug-likeness (QED) is 0.457. The van der Waals surface area contributed by atoms with E-state index < -0.39 is 0 Å². The molecule has 1 aromatic heterocycles. The number of hydrogen-bond donors (Lipinski definition) is 0. The summed E-state index contributed by atoms with van der Waals surface area (Å²) in [6.45, 7) is 2.26. The fourth-order valence-corrected chi connectivity index (χ4v) is 2.96. The van der Waals surface area contributed by atoms with Crippen molar-refractivity contribution in [2.45, 2.75) is 51.9 Å². The molecule has 0 amide bonds. The van der Waals surface area contributed by atoms with Crippen LogP contribution in [0, 0.1) is 0 Å². The molecule has 2 rings (SSSR count). The zero-order chi connectivity index (χ0) is 13.5. The summed E-state index contributed by atoms with van der Waals surface area (Å²) in [4.78, 5) is 4.65. The number of benzene rings is 1. The molecule has 0 radical (unpaired) electrons. The predicted molar refractivity (Wildman–Crippen MR) is 86.5 cm³/mol. The topological polar surface area (TPSA) is 12.9 Å². The lowest BCUT2D eigenvalue weighted by atomic mass is 10.0. The van der Waals surface area contributed by atoms with Crippen LogP contribution in [0.4, 0.5) is 0 Å². The second kappa shape index (κ2) is 7.64. The Morgan fingerprint density at radius 1 is 1.00 bits per heavy atom. The van der Waals surface area contributed by atoms with Crippen LogP contribution in [0.3, 0.4) is 0 Å². The lowest BCUT2D eigenvalue weighted by Gasteiger charge is -2.07. The van der Waals surface area contributed by atoms with Gasteiger partial charge < -0.3 is 0 Å². The van der Waals surface area contributed by atoms with Crippen molar-refractivity contribution in [3.8, 4) is 0 Å². The average molecular weight is 320 g/mol. The standard InChI is InChI=1S/C17H22BrN/c1-2-3-4-5-6-7-12-16-15-11-9-8-10-14(15)13-17(18)19-16/h8-11,13H,2-7,12H2,1H3. The van der Waals surface area contributed by atoms with E-state index in [0.29, 0.717) is 0 Å². The predicted octanol–water partition coefficient (Wildman–Crippen LogP) is 5.90. The highest BCUT2D eigenvalue weighted by Crippen LogP contribution is 2.22. The van der Waals surface area contributed by atoms with E-state index >= 15 is 0 Å². The van der Waals surface area contributed by atoms with E-state index in [9.17, 15) is 0 Å². The Hall–Kier alpha value is -0.890. The van der Waals surface area contributed by atoms with E-state index in [2.05, 4.69) is 58.2 Å². The largest absolute Gasteiger partial charge is 0.245 e. The van der Waals surface area contributed by atoms with Gasteiger partial charge >= 0.3 is 0 Å². The number of aryl methyl sites for hydroxylation is 1. The molecule has 0 aliphatic rings. The number of rotatable bonds is 7. The first-order valence-corrected chi connectivity index (χ1v) is 8.14. The van der Waals surface area contributed by atoms with Crippen molar-refractivity contribution in [1.82, 2.24) is 4.98 Å². The van der Waals surface area contributed by atoms with Crippen molar-refractivity contribution in [3.63, 3.8) is 0 Å². The van der Waals surface area contributed by atoms with Gasteiger partial charge in [0.25, 0.3) is 0 Å². The molecule has 0 saturated heterocycles. The summed E-state index contributed by atoms with van der Waals surface area (Å²) in [5, 5.41) is 2.59. The molecular weight excluding hydrogens is 298 g/mol. The van der Waals surface area contributed by atoms with E-state index in [-0.39, 0.29) is 0 Å². The van der Waals surface area contributed by atoms with Crippen LogP contribution in [0.2, 0.25) is 0 Å². The highest BCUT2D eigenvalue weighted by Gasteiger charge is 2.04. The van der Waals surface area contributed by atoms with Gasteiger partial charge in [0, 0.05) is 11.1 Å². The minimum Gasteiger partial charge on any atom is -0.245 e. The molecule has 0 atom stereocenters. The van der Waals surface area contributed by atoms with Gasteiger partial charge in [0.05, 0.1) is 0 Å². The second-order valence-electron chi connectivity index (χ2n) is 5.13. The summed E-state index contributed by atoms with van der Waals surface area (Å²) in [5.74, 6) is 0. The third-order valence-corrected chi connectivity index (χ3v) is 3.96. The van der Waals surface area contributed by atoms with Gasteiger partial charge in [-0.2, -0.15) is 0 Å². The van der Waals surface area contributed by atoms with Gasteiger partial charge in [-0.15, -0.1) is 0 Å². The van der Waals surface area contributed by atoms with Crippen LogP contribution in [-0.2, 0) is 6.42 Å². The Kier molecular flexibility index (Phi) is 5.84. The van der Waals surface area contributed by atoms with Crippen LogP contribution in [0.25, 0.3) is 10.8 Å². The molecule has 1 nitrogen and oxygen atoms in total. The van der Waals surface area contributed by atoms with Crippen molar-refractivity contribution in [2.24, 2.45) is 0 Å². The van der Waals surface area contributed by atoms with Gasteiger partial charge in [-0.1, -0.05) is 63.3 Å². The highest BCUT2D eigenvalue weighted by molar-refractivity contribution is 9.10. The highest BCUT2D eigenvalue weighted by atomic mass is 79.9. The molecule has 0 aliphatic heterocycles. The van der Waals surface area contributed by atoms with Crippen molar-refractivity contribution in [2.75, 3.05) is 0 Å². The lowest BCUT2D eigenvalue weighted by Crippen LogP contribution is -1.93. The normalized spacial score (nSPS) is 11.1. The Morgan fingerprint density at radius 2 is 1.74 bits per heavy atom. The molecule has 2 aromatic rings. The van der Waals surface area contributed by atoms with Gasteiger partial charge in [0.15, 0.2) is 0 Å². The Labute approximate surface area is 124 Å². The molecule has 102 valence electrons. The number of aromatic nitrogens is 1. The minimum atomic E-state index is 0.951. The molecule has 0 aliphatic carbocycles. The first-order valence-electron chi connectivity index (χ1n) is 7.35. The SMILES string of the molecule is CCCCCCCCc1nc(Br)cc2ccccc12. The molecule has 1 heterocycles. The van der Waals surface area contributed by atoms with Crippen LogP contribution in [-0.4, -0.2) is 4.98 Å². The van der Waals surface area contributed by atoms with Crippen LogP contribution in [0.5, 0.6) is 0 Å². The van der Waals surface area contributed by atoms with E-state index in [4.69, 9.17) is 0 Å². The van der Waals surface area contributed by atoms with Crippen molar-refractivity contribution in [3.05, 3.63) is 40.6 Å². The van der Waals surface area contributed by atoms with Crippen molar-refractivity contribution in [1.29, 1.82) is 0 Å². The fourth-order valence-electron chi connectivity index (χ4n) is 2.50. The van der Waals surface area contributed by atoms with Gasteiger partial charge in [0.1, 0.15) is 4.60 Å². The average Bonchev–Trinajstić information content (AvgIpc) is 2.42. The monoisotopic (exact) mass is 319 g/mol. The van der Waals surface area contributed by atoms with Crippen LogP contribution < -0.4 is 0 Å². The van der Waals surface area contributed by atoms with E-state index in [1.807, 2.05) is 0 Å². The maximum Gasteiger partial charge on any atom is 0.107 e. The molecule has 0 N–H and O–H groups in total. The van der Waals surface area contributed by atoms with E-state index in [0.717, 1.165) is 11.0 Å². The zero-order valence-corrected chi connectivity index (χ0v) is 13.2. The number of nitrogens with zero attached hydrogens (tertiary/aromatic N) is 1. The summed E-state index contributed by atoms with van der Waals surface area (Å²) in [6, 6.07) is 10.6. The molecule has 0 saturated carbocycles. The number of fused-ring (bicyclic) bond motifs is 1.